The van der Waals surface area contributed by atoms with E-state index in [0.717, 1.165) is 43.8 Å². The number of piperazine rings is 1. The summed E-state index contributed by atoms with van der Waals surface area (Å²) in [7, 11) is 1.74. The number of carbonyl (C=O) groups excluding carboxylic acids is 1. The maximum Gasteiger partial charge on any atom is 0.246 e. The molecule has 24 heavy (non-hydrogen) atoms. The van der Waals surface area contributed by atoms with E-state index >= 15 is 0 Å². The summed E-state index contributed by atoms with van der Waals surface area (Å²) in [6, 6.07) is 10.8. The molecule has 0 saturated carbocycles. The molecule has 4 heteroatoms. The van der Waals surface area contributed by atoms with E-state index in [1.165, 1.54) is 0 Å². The van der Waals surface area contributed by atoms with E-state index in [2.05, 4.69) is 18.7 Å². The van der Waals surface area contributed by atoms with Crippen LogP contribution in [0.3, 0.4) is 0 Å². The second-order valence-electron chi connectivity index (χ2n) is 6.72. The molecule has 1 heterocycles. The van der Waals surface area contributed by atoms with Crippen LogP contribution in [0.15, 0.2) is 36.4 Å². The molecule has 2 rings (SSSR count). The lowest BCUT2D eigenvalue weighted by molar-refractivity contribution is -0.130. The van der Waals surface area contributed by atoms with Gasteiger partial charge >= 0.3 is 0 Å². The first-order valence-corrected chi connectivity index (χ1v) is 8.80. The summed E-state index contributed by atoms with van der Waals surface area (Å²) < 4.78 is 5.15. The fourth-order valence-electron chi connectivity index (χ4n) is 3.43. The molecular formula is C20H30N2O2. The maximum atomic E-state index is 12.7. The van der Waals surface area contributed by atoms with E-state index < -0.39 is 0 Å². The van der Waals surface area contributed by atoms with Crippen molar-refractivity contribution in [1.29, 1.82) is 0 Å². The van der Waals surface area contributed by atoms with Gasteiger partial charge < -0.3 is 9.64 Å². The average molecular weight is 330 g/mol. The molecule has 1 aromatic rings. The number of rotatable bonds is 6. The zero-order valence-corrected chi connectivity index (χ0v) is 15.4. The molecule has 1 amide bonds. The van der Waals surface area contributed by atoms with Gasteiger partial charge in [0.05, 0.1) is 0 Å². The highest BCUT2D eigenvalue weighted by Crippen LogP contribution is 2.18. The number of amides is 1. The number of nitrogens with zero attached hydrogens (tertiary/aromatic N) is 2. The molecule has 0 aliphatic carbocycles. The van der Waals surface area contributed by atoms with E-state index in [0.29, 0.717) is 12.1 Å². The molecule has 0 radical (unpaired) electrons. The van der Waals surface area contributed by atoms with Gasteiger partial charge in [0, 0.05) is 51.5 Å². The molecule has 1 aliphatic heterocycles. The molecule has 1 saturated heterocycles. The molecule has 1 aromatic carbocycles. The third-order valence-electron chi connectivity index (χ3n) is 4.75. The van der Waals surface area contributed by atoms with Crippen LogP contribution in [0.5, 0.6) is 0 Å². The highest BCUT2D eigenvalue weighted by atomic mass is 16.5. The molecule has 132 valence electrons. The lowest BCUT2D eigenvalue weighted by Crippen LogP contribution is -2.58. The number of hydrogen-bond donors (Lipinski definition) is 0. The minimum absolute atomic E-state index is 0.117. The largest absolute Gasteiger partial charge is 0.385 e. The van der Waals surface area contributed by atoms with Crippen LogP contribution in [0.1, 0.15) is 32.8 Å². The number of carbonyl (C=O) groups is 1. The van der Waals surface area contributed by atoms with Gasteiger partial charge in [0.1, 0.15) is 0 Å². The molecule has 0 aromatic heterocycles. The molecule has 0 bridgehead atoms. The van der Waals surface area contributed by atoms with Crippen LogP contribution in [-0.2, 0) is 9.53 Å². The SMILES string of the molecule is COCCCN1C(C)CN(C(=O)/C=C(\C)c2ccccc2)CC1C. The first kappa shape index (κ1) is 18.7. The van der Waals surface area contributed by atoms with Gasteiger partial charge in [0.25, 0.3) is 0 Å². The molecule has 2 unspecified atom stereocenters. The van der Waals surface area contributed by atoms with Gasteiger partial charge in [0.2, 0.25) is 5.91 Å². The molecule has 1 aliphatic rings. The van der Waals surface area contributed by atoms with Crippen molar-refractivity contribution < 1.29 is 9.53 Å². The van der Waals surface area contributed by atoms with Crippen LogP contribution in [-0.4, -0.2) is 61.1 Å². The first-order valence-electron chi connectivity index (χ1n) is 8.80. The standard InChI is InChI=1S/C20H30N2O2/c1-16(19-9-6-5-7-10-19)13-20(23)21-14-17(2)22(18(3)15-21)11-8-12-24-4/h5-7,9-10,13,17-18H,8,11-12,14-15H2,1-4H3/b16-13+. The van der Waals surface area contributed by atoms with E-state index in [1.807, 2.05) is 42.2 Å². The van der Waals surface area contributed by atoms with Crippen molar-refractivity contribution in [3.8, 4) is 0 Å². The van der Waals surface area contributed by atoms with Crippen molar-refractivity contribution in [2.24, 2.45) is 0 Å². The van der Waals surface area contributed by atoms with Crippen molar-refractivity contribution in [1.82, 2.24) is 9.80 Å². The molecule has 2 atom stereocenters. The Morgan fingerprint density at radius 3 is 2.42 bits per heavy atom. The van der Waals surface area contributed by atoms with Gasteiger partial charge in [-0.3, -0.25) is 9.69 Å². The normalized spacial score (nSPS) is 22.7. The minimum Gasteiger partial charge on any atom is -0.385 e. The van der Waals surface area contributed by atoms with Crippen molar-refractivity contribution >= 4 is 11.5 Å². The molecule has 0 spiro atoms. The Labute approximate surface area is 146 Å². The molecule has 1 fully saturated rings. The van der Waals surface area contributed by atoms with Gasteiger partial charge in [-0.2, -0.15) is 0 Å². The van der Waals surface area contributed by atoms with Crippen LogP contribution >= 0.6 is 0 Å². The van der Waals surface area contributed by atoms with Gasteiger partial charge in [-0.05, 0) is 38.3 Å². The number of allylic oxidation sites excluding steroid dienone is 1. The quantitative estimate of drug-likeness (QED) is 0.594. The summed E-state index contributed by atoms with van der Waals surface area (Å²) in [5.41, 5.74) is 2.12. The van der Waals surface area contributed by atoms with Gasteiger partial charge in [0.15, 0.2) is 0 Å². The lowest BCUT2D eigenvalue weighted by atomic mass is 10.1. The third kappa shape index (κ3) is 4.92. The molecular weight excluding hydrogens is 300 g/mol. The monoisotopic (exact) mass is 330 g/mol. The van der Waals surface area contributed by atoms with Crippen LogP contribution < -0.4 is 0 Å². The van der Waals surface area contributed by atoms with Crippen LogP contribution in [0.4, 0.5) is 0 Å². The predicted molar refractivity (Wildman–Crippen MR) is 98.8 cm³/mol. The fraction of sp³-hybridized carbons (Fsp3) is 0.550. The third-order valence-corrected chi connectivity index (χ3v) is 4.75. The lowest BCUT2D eigenvalue weighted by Gasteiger charge is -2.44. The highest BCUT2D eigenvalue weighted by molar-refractivity contribution is 5.95. The predicted octanol–water partition coefficient (Wildman–Crippen LogP) is 3.05. The summed E-state index contributed by atoms with van der Waals surface area (Å²) in [5, 5.41) is 0. The van der Waals surface area contributed by atoms with Crippen molar-refractivity contribution in [2.45, 2.75) is 39.3 Å². The summed E-state index contributed by atoms with van der Waals surface area (Å²) in [4.78, 5) is 17.1. The van der Waals surface area contributed by atoms with Gasteiger partial charge in [-0.25, -0.2) is 0 Å². The number of methoxy groups -OCH3 is 1. The zero-order chi connectivity index (χ0) is 17.5. The number of benzene rings is 1. The second-order valence-corrected chi connectivity index (χ2v) is 6.72. The van der Waals surface area contributed by atoms with Crippen molar-refractivity contribution in [3.05, 3.63) is 42.0 Å². The summed E-state index contributed by atoms with van der Waals surface area (Å²) >= 11 is 0. The number of ether oxygens (including phenoxy) is 1. The average Bonchev–Trinajstić information content (AvgIpc) is 2.58. The summed E-state index contributed by atoms with van der Waals surface area (Å²) in [6.07, 6.45) is 2.81. The van der Waals surface area contributed by atoms with E-state index in [4.69, 9.17) is 4.74 Å². The minimum atomic E-state index is 0.117. The zero-order valence-electron chi connectivity index (χ0n) is 15.4. The molecule has 0 N–H and O–H groups in total. The Morgan fingerprint density at radius 2 is 1.83 bits per heavy atom. The Hall–Kier alpha value is -1.65. The van der Waals surface area contributed by atoms with Gasteiger partial charge in [-0.1, -0.05) is 30.3 Å². The molecule has 4 nitrogen and oxygen atoms in total. The van der Waals surface area contributed by atoms with E-state index in [9.17, 15) is 4.79 Å². The Kier molecular flexibility index (Phi) is 7.00. The van der Waals surface area contributed by atoms with Gasteiger partial charge in [-0.15, -0.1) is 0 Å². The van der Waals surface area contributed by atoms with Crippen LogP contribution in [0.2, 0.25) is 0 Å². The Morgan fingerprint density at radius 1 is 1.21 bits per heavy atom. The summed E-state index contributed by atoms with van der Waals surface area (Å²) in [6.45, 7) is 9.80. The number of hydrogen-bond acceptors (Lipinski definition) is 3. The first-order chi connectivity index (χ1) is 11.5. The Bertz CT molecular complexity index is 544. The van der Waals surface area contributed by atoms with Crippen LogP contribution in [0, 0.1) is 0 Å². The van der Waals surface area contributed by atoms with Crippen molar-refractivity contribution in [2.75, 3.05) is 33.4 Å². The Balaban J connectivity index is 1.97. The maximum absolute atomic E-state index is 12.7. The smallest absolute Gasteiger partial charge is 0.246 e. The van der Waals surface area contributed by atoms with Crippen molar-refractivity contribution in [3.63, 3.8) is 0 Å². The summed E-state index contributed by atoms with van der Waals surface area (Å²) in [5.74, 6) is 0.117. The highest BCUT2D eigenvalue weighted by Gasteiger charge is 2.30. The second kappa shape index (κ2) is 9.00. The fourth-order valence-corrected chi connectivity index (χ4v) is 3.43. The van der Waals surface area contributed by atoms with E-state index in [1.54, 1.807) is 13.2 Å². The van der Waals surface area contributed by atoms with Crippen LogP contribution in [0.25, 0.3) is 5.57 Å². The van der Waals surface area contributed by atoms with E-state index in [-0.39, 0.29) is 5.91 Å². The topological polar surface area (TPSA) is 32.8 Å².